The van der Waals surface area contributed by atoms with Gasteiger partial charge in [0.1, 0.15) is 5.75 Å². The fourth-order valence-electron chi connectivity index (χ4n) is 3.31. The summed E-state index contributed by atoms with van der Waals surface area (Å²) in [5.41, 5.74) is 2.88. The highest BCUT2D eigenvalue weighted by Gasteiger charge is 2.24. The maximum Gasteiger partial charge on any atom is 0.254 e. The Hall–Kier alpha value is -2.53. The third-order valence-corrected chi connectivity index (χ3v) is 4.88. The molecule has 5 nitrogen and oxygen atoms in total. The van der Waals surface area contributed by atoms with E-state index >= 15 is 0 Å². The topological polar surface area (TPSA) is 42.0 Å². The van der Waals surface area contributed by atoms with Crippen LogP contribution in [0.25, 0.3) is 0 Å². The molecular weight excluding hydrogens is 340 g/mol. The first-order valence-corrected chi connectivity index (χ1v) is 9.38. The van der Waals surface area contributed by atoms with Gasteiger partial charge in [0.25, 0.3) is 5.91 Å². The van der Waals surface area contributed by atoms with Gasteiger partial charge in [0, 0.05) is 45.0 Å². The second kappa shape index (κ2) is 8.91. The van der Waals surface area contributed by atoms with Crippen molar-refractivity contribution in [1.29, 1.82) is 0 Å². The Bertz CT molecular complexity index is 752. The lowest BCUT2D eigenvalue weighted by Gasteiger charge is -2.26. The number of rotatable bonds is 7. The molecule has 3 rings (SSSR count). The van der Waals surface area contributed by atoms with Crippen LogP contribution in [-0.2, 0) is 11.3 Å². The highest BCUT2D eigenvalue weighted by Crippen LogP contribution is 2.20. The van der Waals surface area contributed by atoms with Crippen molar-refractivity contribution in [2.24, 2.45) is 0 Å². The van der Waals surface area contributed by atoms with Gasteiger partial charge in [0.05, 0.1) is 13.2 Å². The number of hydrogen-bond acceptors (Lipinski definition) is 4. The first kappa shape index (κ1) is 19.2. The summed E-state index contributed by atoms with van der Waals surface area (Å²) < 4.78 is 11.0. The van der Waals surface area contributed by atoms with Gasteiger partial charge in [-0.1, -0.05) is 18.2 Å². The monoisotopic (exact) mass is 368 g/mol. The third-order valence-electron chi connectivity index (χ3n) is 4.88. The molecule has 0 radical (unpaired) electrons. The lowest BCUT2D eigenvalue weighted by atomic mass is 10.1. The minimum absolute atomic E-state index is 0.00101. The number of nitrogens with zero attached hydrogens (tertiary/aromatic N) is 2. The molecule has 1 amide bonds. The van der Waals surface area contributed by atoms with E-state index in [1.54, 1.807) is 13.2 Å². The van der Waals surface area contributed by atoms with Gasteiger partial charge in [-0.3, -0.25) is 4.79 Å². The minimum atomic E-state index is 0.00101. The van der Waals surface area contributed by atoms with E-state index in [-0.39, 0.29) is 12.0 Å². The lowest BCUT2D eigenvalue weighted by Crippen LogP contribution is -2.37. The summed E-state index contributed by atoms with van der Waals surface area (Å²) in [6, 6.07) is 15.6. The van der Waals surface area contributed by atoms with Gasteiger partial charge < -0.3 is 19.3 Å². The first-order valence-electron chi connectivity index (χ1n) is 9.38. The van der Waals surface area contributed by atoms with Crippen LogP contribution in [0.3, 0.4) is 0 Å². The van der Waals surface area contributed by atoms with Crippen LogP contribution in [0.1, 0.15) is 28.8 Å². The summed E-state index contributed by atoms with van der Waals surface area (Å²) in [6.45, 7) is 1.94. The summed E-state index contributed by atoms with van der Waals surface area (Å²) >= 11 is 0. The summed E-state index contributed by atoms with van der Waals surface area (Å²) in [4.78, 5) is 17.1. The van der Waals surface area contributed by atoms with E-state index in [0.717, 1.165) is 30.7 Å². The van der Waals surface area contributed by atoms with E-state index in [1.165, 1.54) is 0 Å². The van der Waals surface area contributed by atoms with Gasteiger partial charge in [-0.15, -0.1) is 0 Å². The van der Waals surface area contributed by atoms with E-state index in [1.807, 2.05) is 37.2 Å². The van der Waals surface area contributed by atoms with Gasteiger partial charge in [-0.05, 0) is 48.7 Å². The Morgan fingerprint density at radius 1 is 1.19 bits per heavy atom. The Morgan fingerprint density at radius 3 is 2.59 bits per heavy atom. The zero-order chi connectivity index (χ0) is 19.2. The Kier molecular flexibility index (Phi) is 6.35. The van der Waals surface area contributed by atoms with Crippen LogP contribution in [0.5, 0.6) is 5.75 Å². The average molecular weight is 368 g/mol. The van der Waals surface area contributed by atoms with Gasteiger partial charge in [-0.25, -0.2) is 0 Å². The molecule has 1 atom stereocenters. The van der Waals surface area contributed by atoms with Gasteiger partial charge in [-0.2, -0.15) is 0 Å². The quantitative estimate of drug-likeness (QED) is 0.749. The standard InChI is InChI=1S/C22H28N2O3/c1-23(2)19-11-9-17(10-12-19)15-24(16-21-8-5-13-27-21)22(25)18-6-4-7-20(14-18)26-3/h4,6-7,9-12,14,21H,5,8,13,15-16H2,1-3H3. The number of benzene rings is 2. The predicted molar refractivity (Wildman–Crippen MR) is 107 cm³/mol. The number of anilines is 1. The molecule has 1 unspecified atom stereocenters. The molecule has 2 aromatic carbocycles. The fraction of sp³-hybridized carbons (Fsp3) is 0.409. The molecule has 0 aliphatic carbocycles. The fourth-order valence-corrected chi connectivity index (χ4v) is 3.31. The average Bonchev–Trinajstić information content (AvgIpc) is 3.20. The smallest absolute Gasteiger partial charge is 0.254 e. The second-order valence-corrected chi connectivity index (χ2v) is 7.11. The zero-order valence-corrected chi connectivity index (χ0v) is 16.4. The predicted octanol–water partition coefficient (Wildman–Crippen LogP) is 3.58. The van der Waals surface area contributed by atoms with Crippen LogP contribution < -0.4 is 9.64 Å². The molecule has 0 N–H and O–H groups in total. The van der Waals surface area contributed by atoms with Crippen LogP contribution >= 0.6 is 0 Å². The van der Waals surface area contributed by atoms with Crippen molar-refractivity contribution >= 4 is 11.6 Å². The van der Waals surface area contributed by atoms with E-state index < -0.39 is 0 Å². The van der Waals surface area contributed by atoms with E-state index in [2.05, 4.69) is 29.2 Å². The van der Waals surface area contributed by atoms with Crippen molar-refractivity contribution in [2.75, 3.05) is 39.3 Å². The largest absolute Gasteiger partial charge is 0.497 e. The lowest BCUT2D eigenvalue weighted by molar-refractivity contribution is 0.0507. The maximum atomic E-state index is 13.2. The molecule has 1 fully saturated rings. The molecule has 0 bridgehead atoms. The van der Waals surface area contributed by atoms with Crippen molar-refractivity contribution in [1.82, 2.24) is 4.90 Å². The van der Waals surface area contributed by atoms with Gasteiger partial charge in [0.2, 0.25) is 0 Å². The number of methoxy groups -OCH3 is 1. The summed E-state index contributed by atoms with van der Waals surface area (Å²) in [5, 5.41) is 0. The third kappa shape index (κ3) is 5.01. The van der Waals surface area contributed by atoms with Crippen LogP contribution in [0, 0.1) is 0 Å². The molecule has 1 aliphatic heterocycles. The van der Waals surface area contributed by atoms with Crippen LogP contribution in [0.15, 0.2) is 48.5 Å². The van der Waals surface area contributed by atoms with Crippen molar-refractivity contribution < 1.29 is 14.3 Å². The second-order valence-electron chi connectivity index (χ2n) is 7.11. The Labute approximate surface area is 161 Å². The SMILES string of the molecule is COc1cccc(C(=O)N(Cc2ccc(N(C)C)cc2)CC2CCCO2)c1. The van der Waals surface area contributed by atoms with Gasteiger partial charge in [0.15, 0.2) is 0 Å². The number of carbonyl (C=O) groups excluding carboxylic acids is 1. The molecule has 1 heterocycles. The van der Waals surface area contributed by atoms with Crippen molar-refractivity contribution in [3.05, 3.63) is 59.7 Å². The van der Waals surface area contributed by atoms with Gasteiger partial charge >= 0.3 is 0 Å². The molecule has 0 saturated carbocycles. The Balaban J connectivity index is 1.79. The van der Waals surface area contributed by atoms with Crippen molar-refractivity contribution in [2.45, 2.75) is 25.5 Å². The van der Waals surface area contributed by atoms with E-state index in [0.29, 0.717) is 24.4 Å². The molecular formula is C22H28N2O3. The number of carbonyl (C=O) groups is 1. The molecule has 27 heavy (non-hydrogen) atoms. The summed E-state index contributed by atoms with van der Waals surface area (Å²) in [5.74, 6) is 0.689. The van der Waals surface area contributed by atoms with Crippen molar-refractivity contribution in [3.63, 3.8) is 0 Å². The van der Waals surface area contributed by atoms with Crippen LogP contribution in [0.4, 0.5) is 5.69 Å². The molecule has 0 aromatic heterocycles. The van der Waals surface area contributed by atoms with Crippen molar-refractivity contribution in [3.8, 4) is 5.75 Å². The molecule has 144 valence electrons. The van der Waals surface area contributed by atoms with Crippen LogP contribution in [0.2, 0.25) is 0 Å². The van der Waals surface area contributed by atoms with E-state index in [4.69, 9.17) is 9.47 Å². The molecule has 2 aromatic rings. The molecule has 1 aliphatic rings. The summed E-state index contributed by atoms with van der Waals surface area (Å²) in [6.07, 6.45) is 2.17. The molecule has 1 saturated heterocycles. The number of ether oxygens (including phenoxy) is 2. The Morgan fingerprint density at radius 2 is 1.96 bits per heavy atom. The highest BCUT2D eigenvalue weighted by molar-refractivity contribution is 5.94. The number of amides is 1. The maximum absolute atomic E-state index is 13.2. The van der Waals surface area contributed by atoms with Crippen LogP contribution in [-0.4, -0.2) is 51.3 Å². The first-order chi connectivity index (χ1) is 13.1. The van der Waals surface area contributed by atoms with E-state index in [9.17, 15) is 4.79 Å². The normalized spacial score (nSPS) is 16.2. The minimum Gasteiger partial charge on any atom is -0.497 e. The molecule has 0 spiro atoms. The molecule has 5 heteroatoms. The summed E-state index contributed by atoms with van der Waals surface area (Å²) in [7, 11) is 5.65. The highest BCUT2D eigenvalue weighted by atomic mass is 16.5. The zero-order valence-electron chi connectivity index (χ0n) is 16.4. The number of hydrogen-bond donors (Lipinski definition) is 0.